The van der Waals surface area contributed by atoms with E-state index >= 15 is 0 Å². The third kappa shape index (κ3) is 8.82. The first-order chi connectivity index (χ1) is 33.2. The number of aromatic nitrogens is 3. The third-order valence-electron chi connectivity index (χ3n) is 12.6. The molecule has 1 heterocycles. The van der Waals surface area contributed by atoms with Gasteiger partial charge in [-0.25, -0.2) is 4.98 Å². The second kappa shape index (κ2) is 18.8. The Kier molecular flexibility index (Phi) is 12.0. The second-order valence-electron chi connectivity index (χ2n) is 17.7. The molecule has 5 nitrogen and oxygen atoms in total. The van der Waals surface area contributed by atoms with Gasteiger partial charge in [-0.2, -0.15) is 9.97 Å². The molecule has 0 saturated carbocycles. The lowest BCUT2D eigenvalue weighted by atomic mass is 9.94. The van der Waals surface area contributed by atoms with Crippen molar-refractivity contribution in [2.24, 2.45) is 0 Å². The van der Waals surface area contributed by atoms with E-state index in [2.05, 4.69) is 239 Å². The summed E-state index contributed by atoms with van der Waals surface area (Å²) >= 11 is 0. The van der Waals surface area contributed by atoms with Gasteiger partial charge < -0.3 is 4.90 Å². The lowest BCUT2D eigenvalue weighted by Crippen LogP contribution is -2.17. The van der Waals surface area contributed by atoms with Gasteiger partial charge >= 0.3 is 0 Å². The Balaban J connectivity index is 1.12. The van der Waals surface area contributed by atoms with Gasteiger partial charge in [0.05, 0.1) is 11.4 Å². The molecule has 330 valence electrons. The molecule has 9 aromatic carbocycles. The summed E-state index contributed by atoms with van der Waals surface area (Å²) in [6, 6.07) is 75.0. The quantitative estimate of drug-likeness (QED) is 0.130. The maximum absolute atomic E-state index is 5.34. The van der Waals surface area contributed by atoms with Crippen LogP contribution in [0.15, 0.2) is 212 Å². The van der Waals surface area contributed by atoms with Gasteiger partial charge in [0.1, 0.15) is 0 Å². The fourth-order valence-corrected chi connectivity index (χ4v) is 9.70. The van der Waals surface area contributed by atoms with Crippen LogP contribution in [0.4, 0.5) is 34.4 Å². The van der Waals surface area contributed by atoms with Crippen molar-refractivity contribution >= 4 is 34.4 Å². The van der Waals surface area contributed by atoms with Gasteiger partial charge in [0.2, 0.25) is 5.95 Å². The minimum atomic E-state index is 0.514. The van der Waals surface area contributed by atoms with Crippen LogP contribution in [-0.4, -0.2) is 15.0 Å². The fourth-order valence-electron chi connectivity index (χ4n) is 9.70. The van der Waals surface area contributed by atoms with Crippen molar-refractivity contribution in [2.45, 2.75) is 41.5 Å². The Morgan fingerprint density at radius 1 is 0.279 bits per heavy atom. The molecule has 0 aliphatic rings. The number of benzene rings is 9. The van der Waals surface area contributed by atoms with E-state index < -0.39 is 0 Å². The van der Waals surface area contributed by atoms with Crippen LogP contribution in [0.1, 0.15) is 33.4 Å². The van der Waals surface area contributed by atoms with Crippen LogP contribution in [0.5, 0.6) is 0 Å². The predicted octanol–water partition coefficient (Wildman–Crippen LogP) is 17.0. The summed E-state index contributed by atoms with van der Waals surface area (Å²) in [5.41, 5.74) is 21.4. The molecule has 0 amide bonds. The highest BCUT2D eigenvalue weighted by atomic mass is 15.3. The summed E-state index contributed by atoms with van der Waals surface area (Å²) in [7, 11) is 0. The van der Waals surface area contributed by atoms with Gasteiger partial charge in [-0.1, -0.05) is 187 Å². The summed E-state index contributed by atoms with van der Waals surface area (Å²) in [4.78, 5) is 20.4. The molecule has 68 heavy (non-hydrogen) atoms. The smallest absolute Gasteiger partial charge is 0.238 e. The SMILES string of the molecule is Cc1cc(C)c(N(c2ccc(N(c3ccc(-c4ccccc4)cc3)c3nc(-c4ccccc4)nc(-c4ccc(-c5ccccc5-c5ccccc5)cc4)n3)cc2)c2c(C)cc(C)cc2C)c(C)c1. The van der Waals surface area contributed by atoms with E-state index in [4.69, 9.17) is 15.0 Å². The molecule has 10 aromatic rings. The Hall–Kier alpha value is -8.41. The lowest BCUT2D eigenvalue weighted by molar-refractivity contribution is 1.02. The number of nitrogens with zero attached hydrogens (tertiary/aromatic N) is 5. The molecular weight excluding hydrogens is 827 g/mol. The van der Waals surface area contributed by atoms with Crippen molar-refractivity contribution in [3.05, 3.63) is 246 Å². The molecule has 0 aliphatic heterocycles. The van der Waals surface area contributed by atoms with Gasteiger partial charge in [0.15, 0.2) is 11.6 Å². The third-order valence-corrected chi connectivity index (χ3v) is 12.6. The van der Waals surface area contributed by atoms with Crippen molar-refractivity contribution in [1.29, 1.82) is 0 Å². The summed E-state index contributed by atoms with van der Waals surface area (Å²) in [5.74, 6) is 1.69. The van der Waals surface area contributed by atoms with Crippen molar-refractivity contribution in [2.75, 3.05) is 9.80 Å². The average molecular weight is 880 g/mol. The average Bonchev–Trinajstić information content (AvgIpc) is 3.37. The van der Waals surface area contributed by atoms with Gasteiger partial charge in [-0.05, 0) is 134 Å². The molecule has 1 aromatic heterocycles. The van der Waals surface area contributed by atoms with Crippen molar-refractivity contribution < 1.29 is 0 Å². The Bertz CT molecular complexity index is 3260. The van der Waals surface area contributed by atoms with E-state index in [1.54, 1.807) is 0 Å². The van der Waals surface area contributed by atoms with E-state index in [-0.39, 0.29) is 0 Å². The van der Waals surface area contributed by atoms with Crippen LogP contribution in [-0.2, 0) is 0 Å². The topological polar surface area (TPSA) is 45.2 Å². The van der Waals surface area contributed by atoms with Crippen LogP contribution >= 0.6 is 0 Å². The normalized spacial score (nSPS) is 11.1. The predicted molar refractivity (Wildman–Crippen MR) is 285 cm³/mol. The molecule has 0 saturated heterocycles. The van der Waals surface area contributed by atoms with Crippen LogP contribution in [0, 0.1) is 41.5 Å². The van der Waals surface area contributed by atoms with E-state index in [1.807, 2.05) is 24.3 Å². The summed E-state index contributed by atoms with van der Waals surface area (Å²) in [5, 5.41) is 0. The first kappa shape index (κ1) is 43.5. The van der Waals surface area contributed by atoms with Gasteiger partial charge in [-0.3, -0.25) is 4.90 Å². The highest BCUT2D eigenvalue weighted by Gasteiger charge is 2.24. The Morgan fingerprint density at radius 3 is 1.04 bits per heavy atom. The number of anilines is 6. The molecule has 10 rings (SSSR count). The fraction of sp³-hybridized carbons (Fsp3) is 0.0952. The molecular formula is C63H53N5. The van der Waals surface area contributed by atoms with Crippen molar-refractivity contribution in [3.63, 3.8) is 0 Å². The standard InChI is InChI=1S/C63H53N5/c1-42-38-44(3)59(45(4)39-42)68(60-46(5)40-43(2)41-47(60)6)56-36-34-55(35-37-56)67(54-32-30-49(31-33-54)48-18-10-7-11-19-48)63-65-61(52-22-14-9-15-23-52)64-62(66-63)53-28-26-51(27-29-53)58-25-17-16-24-57(58)50-20-12-8-13-21-50/h7-41H,1-6H3. The van der Waals surface area contributed by atoms with Crippen LogP contribution < -0.4 is 9.80 Å². The zero-order chi connectivity index (χ0) is 46.7. The number of hydrogen-bond donors (Lipinski definition) is 0. The summed E-state index contributed by atoms with van der Waals surface area (Å²) < 4.78 is 0. The van der Waals surface area contributed by atoms with Crippen molar-refractivity contribution in [1.82, 2.24) is 15.0 Å². The van der Waals surface area contributed by atoms with Crippen LogP contribution in [0.25, 0.3) is 56.2 Å². The van der Waals surface area contributed by atoms with E-state index in [9.17, 15) is 0 Å². The van der Waals surface area contributed by atoms with E-state index in [1.165, 1.54) is 61.4 Å². The monoisotopic (exact) mass is 879 g/mol. The summed E-state index contributed by atoms with van der Waals surface area (Å²) in [6.45, 7) is 13.2. The Morgan fingerprint density at radius 2 is 0.588 bits per heavy atom. The molecule has 0 bridgehead atoms. The number of rotatable bonds is 11. The molecule has 0 spiro atoms. The molecule has 0 aliphatic carbocycles. The summed E-state index contributed by atoms with van der Waals surface area (Å²) in [6.07, 6.45) is 0. The molecule has 0 unspecified atom stereocenters. The molecule has 5 heteroatoms. The van der Waals surface area contributed by atoms with Gasteiger partial charge in [0.25, 0.3) is 0 Å². The largest absolute Gasteiger partial charge is 0.309 e. The number of aryl methyl sites for hydroxylation is 6. The second-order valence-corrected chi connectivity index (χ2v) is 17.7. The van der Waals surface area contributed by atoms with E-state index in [0.29, 0.717) is 17.6 Å². The maximum atomic E-state index is 5.34. The minimum absolute atomic E-state index is 0.514. The zero-order valence-electron chi connectivity index (χ0n) is 39.4. The van der Waals surface area contributed by atoms with Crippen LogP contribution in [0.2, 0.25) is 0 Å². The first-order valence-corrected chi connectivity index (χ1v) is 23.3. The number of hydrogen-bond acceptors (Lipinski definition) is 5. The lowest BCUT2D eigenvalue weighted by Gasteiger charge is -2.32. The maximum Gasteiger partial charge on any atom is 0.238 e. The van der Waals surface area contributed by atoms with Gasteiger partial charge in [0, 0.05) is 28.2 Å². The van der Waals surface area contributed by atoms with Gasteiger partial charge in [-0.15, -0.1) is 0 Å². The molecule has 0 fully saturated rings. The Labute approximate surface area is 400 Å². The molecule has 0 N–H and O–H groups in total. The first-order valence-electron chi connectivity index (χ1n) is 23.3. The van der Waals surface area contributed by atoms with Crippen LogP contribution in [0.3, 0.4) is 0 Å². The minimum Gasteiger partial charge on any atom is -0.309 e. The van der Waals surface area contributed by atoms with Crippen molar-refractivity contribution in [3.8, 4) is 56.2 Å². The highest BCUT2D eigenvalue weighted by Crippen LogP contribution is 2.44. The molecule has 0 atom stereocenters. The molecule has 0 radical (unpaired) electrons. The highest BCUT2D eigenvalue weighted by molar-refractivity contribution is 5.87. The van der Waals surface area contributed by atoms with E-state index in [0.717, 1.165) is 44.9 Å². The zero-order valence-corrected chi connectivity index (χ0v) is 39.4.